The van der Waals surface area contributed by atoms with E-state index in [1.165, 1.54) is 103 Å². The Hall–Kier alpha value is -4.45. The highest BCUT2D eigenvalue weighted by atomic mass is 16.6. The van der Waals surface area contributed by atoms with Gasteiger partial charge in [-0.3, -0.25) is 14.4 Å². The number of carbonyl (C=O) groups is 3. The lowest BCUT2D eigenvalue weighted by Crippen LogP contribution is -2.30. The Morgan fingerprint density at radius 3 is 0.818 bits per heavy atom. The molecule has 0 radical (unpaired) electrons. The van der Waals surface area contributed by atoms with Crippen molar-refractivity contribution in [2.45, 2.75) is 284 Å². The second-order valence-electron chi connectivity index (χ2n) is 20.5. The molecule has 0 saturated carbocycles. The van der Waals surface area contributed by atoms with E-state index in [4.69, 9.17) is 14.2 Å². The number of carbonyl (C=O) groups excluding carboxylic acids is 3. The Balaban J connectivity index is 4.39. The van der Waals surface area contributed by atoms with Crippen molar-refractivity contribution in [2.75, 3.05) is 13.2 Å². The molecule has 0 aromatic rings. The largest absolute Gasteiger partial charge is 0.462 e. The second kappa shape index (κ2) is 64.1. The van der Waals surface area contributed by atoms with Crippen molar-refractivity contribution in [2.24, 2.45) is 0 Å². The van der Waals surface area contributed by atoms with Crippen LogP contribution in [-0.2, 0) is 28.6 Å². The topological polar surface area (TPSA) is 78.9 Å². The SMILES string of the molecule is CC/C=C\C/C=C\C/C=C\C/C=C\CCCCCCC(=O)OC(COC(=O)CCCC/C=C\C/C=C\C/C=C\C/C=C\CC)COC(=O)CCCCCCCCCCCCCC/C=C\C/C=C\C/C=C\CCCCCCC. The van der Waals surface area contributed by atoms with Crippen molar-refractivity contribution in [1.82, 2.24) is 0 Å². The highest BCUT2D eigenvalue weighted by molar-refractivity contribution is 5.71. The minimum absolute atomic E-state index is 0.106. The molecule has 77 heavy (non-hydrogen) atoms. The summed E-state index contributed by atoms with van der Waals surface area (Å²) in [5.74, 6) is -0.975. The van der Waals surface area contributed by atoms with Gasteiger partial charge in [0.05, 0.1) is 0 Å². The first kappa shape index (κ1) is 72.5. The highest BCUT2D eigenvalue weighted by Crippen LogP contribution is 2.15. The van der Waals surface area contributed by atoms with Crippen molar-refractivity contribution >= 4 is 17.9 Å². The molecule has 0 bridgehead atoms. The maximum Gasteiger partial charge on any atom is 0.306 e. The van der Waals surface area contributed by atoms with Crippen LogP contribution in [0.3, 0.4) is 0 Å². The van der Waals surface area contributed by atoms with Gasteiger partial charge in [-0.2, -0.15) is 0 Å². The maximum atomic E-state index is 12.9. The van der Waals surface area contributed by atoms with E-state index in [9.17, 15) is 14.4 Å². The Morgan fingerprint density at radius 2 is 0.506 bits per heavy atom. The molecule has 0 saturated heterocycles. The molecule has 6 nitrogen and oxygen atoms in total. The number of allylic oxidation sites excluding steroid dienone is 22. The molecule has 1 unspecified atom stereocenters. The van der Waals surface area contributed by atoms with Crippen LogP contribution in [0.1, 0.15) is 278 Å². The molecule has 0 aliphatic carbocycles. The lowest BCUT2D eigenvalue weighted by Gasteiger charge is -2.18. The second-order valence-corrected chi connectivity index (χ2v) is 20.5. The molecule has 1 atom stereocenters. The number of hydrogen-bond donors (Lipinski definition) is 0. The average molecular weight is 1070 g/mol. The van der Waals surface area contributed by atoms with Gasteiger partial charge in [0, 0.05) is 19.3 Å². The normalized spacial score (nSPS) is 13.0. The quantitative estimate of drug-likeness (QED) is 0.0261. The van der Waals surface area contributed by atoms with Crippen LogP contribution < -0.4 is 0 Å². The molecule has 0 heterocycles. The Labute approximate surface area is 475 Å². The third-order valence-corrected chi connectivity index (χ3v) is 13.1. The molecular formula is C71H116O6. The van der Waals surface area contributed by atoms with Crippen LogP contribution in [0.4, 0.5) is 0 Å². The smallest absolute Gasteiger partial charge is 0.306 e. The fourth-order valence-corrected chi connectivity index (χ4v) is 8.43. The number of rotatable bonds is 56. The Morgan fingerprint density at radius 1 is 0.273 bits per heavy atom. The molecule has 0 aromatic heterocycles. The number of unbranched alkanes of at least 4 members (excludes halogenated alkanes) is 23. The minimum Gasteiger partial charge on any atom is -0.462 e. The average Bonchev–Trinajstić information content (AvgIpc) is 3.43. The summed E-state index contributed by atoms with van der Waals surface area (Å²) in [6.45, 7) is 6.35. The summed E-state index contributed by atoms with van der Waals surface area (Å²) in [5, 5.41) is 0. The van der Waals surface area contributed by atoms with Gasteiger partial charge in [-0.1, -0.05) is 257 Å². The van der Waals surface area contributed by atoms with Gasteiger partial charge in [0.15, 0.2) is 6.10 Å². The third kappa shape index (κ3) is 62.3. The van der Waals surface area contributed by atoms with Gasteiger partial charge in [-0.25, -0.2) is 0 Å². The molecule has 0 rings (SSSR count). The molecule has 6 heteroatoms. The Bertz CT molecular complexity index is 1650. The number of esters is 3. The summed E-state index contributed by atoms with van der Waals surface area (Å²) < 4.78 is 16.9. The standard InChI is InChI=1S/C71H116O6/c1-4-7-10-13-16-19-22-25-28-30-31-32-33-34-35-36-37-38-39-41-43-46-49-52-55-58-61-64-70(73)76-67-68(66-75-69(72)63-60-57-54-51-48-45-42-27-24-21-18-15-12-9-6-3)77-71(74)65-62-59-56-53-50-47-44-40-29-26-23-20-17-14-11-8-5-2/h8-9,11-12,17-18,20-22,25-27,29-31,33-34,42,44,47-48,51,68H,4-7,10,13-16,19,23-24,28,32,35-41,43,45-46,49-50,52-67H2,1-3H3/b11-8-,12-9-,20-17-,21-18-,25-22-,29-26-,31-30-,34-33-,42-27-,47-44-,51-48-. The van der Waals surface area contributed by atoms with E-state index in [0.29, 0.717) is 19.3 Å². The molecule has 0 fully saturated rings. The fourth-order valence-electron chi connectivity index (χ4n) is 8.43. The van der Waals surface area contributed by atoms with E-state index in [-0.39, 0.29) is 37.5 Å². The summed E-state index contributed by atoms with van der Waals surface area (Å²) in [5.41, 5.74) is 0. The van der Waals surface area contributed by atoms with Crippen LogP contribution in [0.2, 0.25) is 0 Å². The molecule has 0 amide bonds. The van der Waals surface area contributed by atoms with Gasteiger partial charge in [-0.05, 0) is 135 Å². The van der Waals surface area contributed by atoms with E-state index >= 15 is 0 Å². The third-order valence-electron chi connectivity index (χ3n) is 13.1. The number of hydrogen-bond acceptors (Lipinski definition) is 6. The molecule has 436 valence electrons. The van der Waals surface area contributed by atoms with E-state index < -0.39 is 6.10 Å². The van der Waals surface area contributed by atoms with Gasteiger partial charge in [0.25, 0.3) is 0 Å². The summed E-state index contributed by atoms with van der Waals surface area (Å²) >= 11 is 0. The lowest BCUT2D eigenvalue weighted by molar-refractivity contribution is -0.167. The van der Waals surface area contributed by atoms with E-state index in [1.54, 1.807) is 0 Å². The van der Waals surface area contributed by atoms with Crippen molar-refractivity contribution in [3.63, 3.8) is 0 Å². The first-order valence-corrected chi connectivity index (χ1v) is 31.7. The summed E-state index contributed by atoms with van der Waals surface area (Å²) in [4.78, 5) is 38.3. The van der Waals surface area contributed by atoms with Gasteiger partial charge in [-0.15, -0.1) is 0 Å². The minimum atomic E-state index is -0.815. The van der Waals surface area contributed by atoms with E-state index in [2.05, 4.69) is 154 Å². The van der Waals surface area contributed by atoms with Crippen LogP contribution >= 0.6 is 0 Å². The Kier molecular flexibility index (Phi) is 60.4. The predicted molar refractivity (Wildman–Crippen MR) is 334 cm³/mol. The monoisotopic (exact) mass is 1060 g/mol. The zero-order valence-electron chi connectivity index (χ0n) is 49.9. The van der Waals surface area contributed by atoms with Gasteiger partial charge in [0.1, 0.15) is 13.2 Å². The molecule has 0 aliphatic heterocycles. The van der Waals surface area contributed by atoms with Crippen LogP contribution in [0.15, 0.2) is 134 Å². The first-order valence-electron chi connectivity index (χ1n) is 31.7. The van der Waals surface area contributed by atoms with Crippen LogP contribution in [0.5, 0.6) is 0 Å². The summed E-state index contributed by atoms with van der Waals surface area (Å²) in [6, 6.07) is 0. The van der Waals surface area contributed by atoms with Crippen LogP contribution in [-0.4, -0.2) is 37.2 Å². The number of ether oxygens (including phenoxy) is 3. The van der Waals surface area contributed by atoms with Crippen LogP contribution in [0, 0.1) is 0 Å². The van der Waals surface area contributed by atoms with Gasteiger partial charge in [0.2, 0.25) is 0 Å². The summed E-state index contributed by atoms with van der Waals surface area (Å²) in [6.07, 6.45) is 90.3. The van der Waals surface area contributed by atoms with Crippen molar-refractivity contribution in [3.05, 3.63) is 134 Å². The zero-order valence-corrected chi connectivity index (χ0v) is 49.9. The van der Waals surface area contributed by atoms with E-state index in [1.807, 2.05) is 0 Å². The van der Waals surface area contributed by atoms with Crippen molar-refractivity contribution in [3.8, 4) is 0 Å². The molecule has 0 aliphatic rings. The molecule has 0 N–H and O–H groups in total. The van der Waals surface area contributed by atoms with Crippen LogP contribution in [0.25, 0.3) is 0 Å². The fraction of sp³-hybridized carbons (Fsp3) is 0.648. The lowest BCUT2D eigenvalue weighted by atomic mass is 10.0. The first-order chi connectivity index (χ1) is 38.0. The van der Waals surface area contributed by atoms with Gasteiger partial charge < -0.3 is 14.2 Å². The van der Waals surface area contributed by atoms with E-state index in [0.717, 1.165) is 128 Å². The van der Waals surface area contributed by atoms with Gasteiger partial charge >= 0.3 is 17.9 Å². The van der Waals surface area contributed by atoms with Crippen molar-refractivity contribution in [1.29, 1.82) is 0 Å². The highest BCUT2D eigenvalue weighted by Gasteiger charge is 2.19. The maximum absolute atomic E-state index is 12.9. The molecular weight excluding hydrogens is 949 g/mol. The molecule has 0 spiro atoms. The zero-order chi connectivity index (χ0) is 55.7. The van der Waals surface area contributed by atoms with Crippen molar-refractivity contribution < 1.29 is 28.6 Å². The summed E-state index contributed by atoms with van der Waals surface area (Å²) in [7, 11) is 0. The molecule has 0 aromatic carbocycles. The predicted octanol–water partition coefficient (Wildman–Crippen LogP) is 21.8.